The van der Waals surface area contributed by atoms with E-state index in [1.807, 2.05) is 17.0 Å². The van der Waals surface area contributed by atoms with Crippen molar-refractivity contribution in [2.75, 3.05) is 4.90 Å². The average molecular weight is 586 g/mol. The highest BCUT2D eigenvalue weighted by Crippen LogP contribution is 2.43. The van der Waals surface area contributed by atoms with Crippen LogP contribution in [0.1, 0.15) is 34.2 Å². The second-order valence-electron chi connectivity index (χ2n) is 11.6. The highest BCUT2D eigenvalue weighted by Gasteiger charge is 2.21. The van der Waals surface area contributed by atoms with Crippen LogP contribution in [0.15, 0.2) is 133 Å². The Hall–Kier alpha value is -5.54. The molecule has 0 amide bonds. The fourth-order valence-corrected chi connectivity index (χ4v) is 6.60. The van der Waals surface area contributed by atoms with E-state index < -0.39 is 0 Å². The third-order valence-corrected chi connectivity index (χ3v) is 8.84. The third-order valence-electron chi connectivity index (χ3n) is 8.84. The maximum atomic E-state index is 13.7. The zero-order valence-electron chi connectivity index (χ0n) is 24.6. The van der Waals surface area contributed by atoms with Gasteiger partial charge in [0.1, 0.15) is 11.6 Å². The van der Waals surface area contributed by atoms with Gasteiger partial charge in [0.2, 0.25) is 0 Å². The number of hydrogen-bond acceptors (Lipinski definition) is 1. The lowest BCUT2D eigenvalue weighted by Crippen LogP contribution is -2.09. The molecule has 0 fully saturated rings. The van der Waals surface area contributed by atoms with E-state index in [2.05, 4.69) is 91.0 Å². The van der Waals surface area contributed by atoms with Crippen LogP contribution < -0.4 is 4.90 Å². The summed E-state index contributed by atoms with van der Waals surface area (Å²) < 4.78 is 27.3. The molecule has 6 aromatic rings. The Balaban J connectivity index is 1.05. The Morgan fingerprint density at radius 2 is 1.13 bits per heavy atom. The molecule has 0 aromatic heterocycles. The van der Waals surface area contributed by atoms with Crippen molar-refractivity contribution >= 4 is 51.6 Å². The SMILES string of the molecule is Fc1ccc(N(c2ccc(F)cc2)c2ccc(C=Cc3ccc(-c4ccc5c6c7c(ccc46)C=CCC7=CC5)cc3)cc2)cc1. The first-order valence-electron chi connectivity index (χ1n) is 15.3. The van der Waals surface area contributed by atoms with Gasteiger partial charge in [0, 0.05) is 17.1 Å². The summed E-state index contributed by atoms with van der Waals surface area (Å²) in [5.74, 6) is -0.602. The Kier molecular flexibility index (Phi) is 6.72. The second kappa shape index (κ2) is 11.2. The first kappa shape index (κ1) is 27.0. The molecular formula is C42H29F2N. The smallest absolute Gasteiger partial charge is 0.123 e. The van der Waals surface area contributed by atoms with Gasteiger partial charge in [-0.2, -0.15) is 0 Å². The van der Waals surface area contributed by atoms with E-state index in [1.165, 1.54) is 68.4 Å². The van der Waals surface area contributed by atoms with Crippen LogP contribution in [0, 0.1) is 11.6 Å². The van der Waals surface area contributed by atoms with Gasteiger partial charge in [-0.1, -0.05) is 91.0 Å². The van der Waals surface area contributed by atoms with Crippen LogP contribution in [-0.2, 0) is 6.42 Å². The van der Waals surface area contributed by atoms with Crippen LogP contribution in [-0.4, -0.2) is 0 Å². The van der Waals surface area contributed by atoms with Crippen molar-refractivity contribution in [3.63, 3.8) is 0 Å². The maximum Gasteiger partial charge on any atom is 0.123 e. The zero-order valence-corrected chi connectivity index (χ0v) is 24.6. The van der Waals surface area contributed by atoms with E-state index in [0.717, 1.165) is 41.0 Å². The van der Waals surface area contributed by atoms with Gasteiger partial charge in [0.05, 0.1) is 0 Å². The summed E-state index contributed by atoms with van der Waals surface area (Å²) in [6.45, 7) is 0. The zero-order chi connectivity index (χ0) is 30.3. The summed E-state index contributed by atoms with van der Waals surface area (Å²) >= 11 is 0. The molecule has 0 atom stereocenters. The molecule has 216 valence electrons. The third kappa shape index (κ3) is 5.07. The number of nitrogens with zero attached hydrogens (tertiary/aromatic N) is 1. The summed E-state index contributed by atoms with van der Waals surface area (Å²) in [5.41, 5.74) is 12.7. The number of hydrogen-bond donors (Lipinski definition) is 0. The molecule has 2 aliphatic rings. The van der Waals surface area contributed by atoms with E-state index in [4.69, 9.17) is 0 Å². The largest absolute Gasteiger partial charge is 0.310 e. The maximum absolute atomic E-state index is 13.7. The monoisotopic (exact) mass is 585 g/mol. The van der Waals surface area contributed by atoms with Gasteiger partial charge >= 0.3 is 0 Å². The highest BCUT2D eigenvalue weighted by atomic mass is 19.1. The minimum absolute atomic E-state index is 0.301. The van der Waals surface area contributed by atoms with Crippen LogP contribution in [0.5, 0.6) is 0 Å². The first-order chi connectivity index (χ1) is 22.1. The Labute approximate surface area is 261 Å². The van der Waals surface area contributed by atoms with Gasteiger partial charge in [-0.25, -0.2) is 8.78 Å². The minimum Gasteiger partial charge on any atom is -0.310 e. The van der Waals surface area contributed by atoms with Crippen LogP contribution in [0.4, 0.5) is 25.8 Å². The summed E-state index contributed by atoms with van der Waals surface area (Å²) in [6, 6.07) is 38.7. The molecule has 0 saturated carbocycles. The Morgan fingerprint density at radius 3 is 1.76 bits per heavy atom. The summed E-state index contributed by atoms with van der Waals surface area (Å²) in [4.78, 5) is 1.98. The van der Waals surface area contributed by atoms with E-state index >= 15 is 0 Å². The van der Waals surface area contributed by atoms with Crippen molar-refractivity contribution in [2.24, 2.45) is 0 Å². The predicted octanol–water partition coefficient (Wildman–Crippen LogP) is 11.8. The summed E-state index contributed by atoms with van der Waals surface area (Å²) in [5, 5.41) is 2.74. The Morgan fingerprint density at radius 1 is 0.556 bits per heavy atom. The number of anilines is 3. The quantitative estimate of drug-likeness (QED) is 0.176. The molecule has 0 saturated heterocycles. The molecule has 1 nitrogen and oxygen atoms in total. The fraction of sp³-hybridized carbons (Fsp3) is 0.0476. The molecule has 0 aliphatic heterocycles. The van der Waals surface area contributed by atoms with Gasteiger partial charge in [0.25, 0.3) is 0 Å². The number of halogens is 2. The Bertz CT molecular complexity index is 2090. The molecule has 45 heavy (non-hydrogen) atoms. The number of rotatable bonds is 6. The van der Waals surface area contributed by atoms with E-state index in [0.29, 0.717) is 0 Å². The lowest BCUT2D eigenvalue weighted by atomic mass is 9.80. The molecule has 0 spiro atoms. The number of allylic oxidation sites excluding steroid dienone is 3. The molecule has 0 unspecified atom stereocenters. The average Bonchev–Trinajstić information content (AvgIpc) is 3.09. The van der Waals surface area contributed by atoms with Crippen molar-refractivity contribution < 1.29 is 8.78 Å². The lowest BCUT2D eigenvalue weighted by molar-refractivity contribution is 0.628. The summed E-state index contributed by atoms with van der Waals surface area (Å²) in [6.07, 6.45) is 13.2. The van der Waals surface area contributed by atoms with Gasteiger partial charge in [-0.15, -0.1) is 0 Å². The number of benzene rings is 6. The molecule has 2 aliphatic carbocycles. The van der Waals surface area contributed by atoms with Crippen molar-refractivity contribution in [1.29, 1.82) is 0 Å². The second-order valence-corrected chi connectivity index (χ2v) is 11.6. The molecule has 8 rings (SSSR count). The molecule has 0 heterocycles. The van der Waals surface area contributed by atoms with E-state index in [9.17, 15) is 8.78 Å². The molecule has 0 N–H and O–H groups in total. The normalized spacial score (nSPS) is 13.3. The molecule has 0 bridgehead atoms. The van der Waals surface area contributed by atoms with Crippen molar-refractivity contribution in [1.82, 2.24) is 0 Å². The molecule has 0 radical (unpaired) electrons. The lowest BCUT2D eigenvalue weighted by Gasteiger charge is -2.25. The predicted molar refractivity (Wildman–Crippen MR) is 185 cm³/mol. The van der Waals surface area contributed by atoms with Crippen molar-refractivity contribution in [2.45, 2.75) is 12.8 Å². The van der Waals surface area contributed by atoms with Crippen molar-refractivity contribution in [3.8, 4) is 11.1 Å². The van der Waals surface area contributed by atoms with E-state index in [1.54, 1.807) is 24.3 Å². The van der Waals surface area contributed by atoms with Crippen LogP contribution in [0.2, 0.25) is 0 Å². The first-order valence-corrected chi connectivity index (χ1v) is 15.3. The van der Waals surface area contributed by atoms with Crippen molar-refractivity contribution in [3.05, 3.63) is 173 Å². The van der Waals surface area contributed by atoms with Crippen LogP contribution in [0.3, 0.4) is 0 Å². The van der Waals surface area contributed by atoms with Gasteiger partial charge < -0.3 is 4.90 Å². The highest BCUT2D eigenvalue weighted by molar-refractivity contribution is 6.08. The van der Waals surface area contributed by atoms with Gasteiger partial charge in [-0.3, -0.25) is 0 Å². The molecule has 3 heteroatoms. The standard InChI is InChI=1S/C42H29F2N/c43-34-16-22-37(23-17-34)45(38-24-18-35(44)19-25-38)36-20-8-29(9-21-36)5-4-28-6-10-30(11-7-28)39-26-14-33-13-12-31-2-1-3-32-15-27-40(39)42(33)41(31)32/h1,3-12,14-27H,2,13H2. The van der Waals surface area contributed by atoms with Gasteiger partial charge in [-0.05, 0) is 129 Å². The molecule has 6 aromatic carbocycles. The molecular weight excluding hydrogens is 556 g/mol. The minimum atomic E-state index is -0.301. The van der Waals surface area contributed by atoms with Crippen LogP contribution >= 0.6 is 0 Å². The van der Waals surface area contributed by atoms with Gasteiger partial charge in [0.15, 0.2) is 0 Å². The fourth-order valence-electron chi connectivity index (χ4n) is 6.60. The topological polar surface area (TPSA) is 3.24 Å². The van der Waals surface area contributed by atoms with E-state index in [-0.39, 0.29) is 11.6 Å². The summed E-state index contributed by atoms with van der Waals surface area (Å²) in [7, 11) is 0. The van der Waals surface area contributed by atoms with Crippen LogP contribution in [0.25, 0.3) is 45.7 Å².